The van der Waals surface area contributed by atoms with Crippen LogP contribution >= 0.6 is 0 Å². The minimum Gasteiger partial charge on any atom is -0.502 e. The van der Waals surface area contributed by atoms with Crippen LogP contribution in [0.15, 0.2) is 67.2 Å². The summed E-state index contributed by atoms with van der Waals surface area (Å²) < 4.78 is 22.2. The van der Waals surface area contributed by atoms with E-state index in [4.69, 9.17) is 18.3 Å². The van der Waals surface area contributed by atoms with Gasteiger partial charge in [0.2, 0.25) is 11.2 Å². The molecule has 4 rings (SSSR count). The van der Waals surface area contributed by atoms with Gasteiger partial charge in [-0.05, 0) is 6.92 Å². The van der Waals surface area contributed by atoms with Gasteiger partial charge in [-0.15, -0.1) is 0 Å². The Balaban J connectivity index is 2.09. The summed E-state index contributed by atoms with van der Waals surface area (Å²) in [7, 11) is 2.79. The van der Waals surface area contributed by atoms with Crippen LogP contribution in [0.25, 0.3) is 33.4 Å². The summed E-state index contributed by atoms with van der Waals surface area (Å²) in [5.74, 6) is 0.256. The summed E-state index contributed by atoms with van der Waals surface area (Å²) in [6.45, 7) is 1.47. The molecule has 0 saturated carbocycles. The standard InChI is InChI=1S/C23H18O7/c1-12-21(25)22(26)14(11-29-12)19-17(27-2)10-18-20(23(19)28-3)15(24)9-16(30-18)13-7-5-4-6-8-13/h4-11,25H,1-3H3. The van der Waals surface area contributed by atoms with Crippen LogP contribution in [0, 0.1) is 6.92 Å². The first kappa shape index (κ1) is 19.3. The molecule has 2 heterocycles. The summed E-state index contributed by atoms with van der Waals surface area (Å²) in [6.07, 6.45) is 1.20. The number of fused-ring (bicyclic) bond motifs is 1. The van der Waals surface area contributed by atoms with Gasteiger partial charge >= 0.3 is 0 Å². The first-order chi connectivity index (χ1) is 14.5. The SMILES string of the molecule is COc1cc2oc(-c3ccccc3)cc(=O)c2c(OC)c1-c1coc(C)c(O)c1=O. The largest absolute Gasteiger partial charge is 0.502 e. The highest BCUT2D eigenvalue weighted by Gasteiger charge is 2.25. The van der Waals surface area contributed by atoms with Crippen molar-refractivity contribution in [3.05, 3.63) is 74.9 Å². The molecule has 0 saturated heterocycles. The molecule has 0 bridgehead atoms. The summed E-state index contributed by atoms with van der Waals surface area (Å²) in [4.78, 5) is 25.7. The second-order valence-electron chi connectivity index (χ2n) is 6.58. The number of rotatable bonds is 4. The van der Waals surface area contributed by atoms with Gasteiger partial charge in [-0.3, -0.25) is 9.59 Å². The van der Waals surface area contributed by atoms with E-state index in [2.05, 4.69) is 0 Å². The van der Waals surface area contributed by atoms with Crippen molar-refractivity contribution in [3.63, 3.8) is 0 Å². The lowest BCUT2D eigenvalue weighted by molar-refractivity contribution is 0.396. The van der Waals surface area contributed by atoms with Crippen LogP contribution in [0.2, 0.25) is 0 Å². The second kappa shape index (κ2) is 7.44. The van der Waals surface area contributed by atoms with Crippen LogP contribution in [0.3, 0.4) is 0 Å². The molecule has 0 aliphatic heterocycles. The molecule has 0 aliphatic carbocycles. The van der Waals surface area contributed by atoms with Crippen molar-refractivity contribution in [2.45, 2.75) is 6.92 Å². The first-order valence-electron chi connectivity index (χ1n) is 9.06. The Bertz CT molecular complexity index is 1360. The minimum absolute atomic E-state index is 0.000218. The normalized spacial score (nSPS) is 10.9. The van der Waals surface area contributed by atoms with E-state index < -0.39 is 11.2 Å². The Morgan fingerprint density at radius 3 is 2.40 bits per heavy atom. The molecule has 0 atom stereocenters. The topological polar surface area (TPSA) is 99.1 Å². The molecule has 0 unspecified atom stereocenters. The molecule has 152 valence electrons. The number of ether oxygens (including phenoxy) is 2. The average Bonchev–Trinajstić information content (AvgIpc) is 2.77. The maximum atomic E-state index is 13.0. The maximum Gasteiger partial charge on any atom is 0.234 e. The molecule has 2 aromatic heterocycles. The van der Waals surface area contributed by atoms with E-state index in [1.165, 1.54) is 39.5 Å². The van der Waals surface area contributed by atoms with Crippen molar-refractivity contribution in [2.75, 3.05) is 14.2 Å². The molecule has 0 spiro atoms. The van der Waals surface area contributed by atoms with Gasteiger partial charge < -0.3 is 23.4 Å². The van der Waals surface area contributed by atoms with Crippen molar-refractivity contribution in [3.8, 4) is 39.7 Å². The van der Waals surface area contributed by atoms with Crippen LogP contribution < -0.4 is 20.3 Å². The Morgan fingerprint density at radius 1 is 1.00 bits per heavy atom. The predicted octanol–water partition coefficient (Wildman–Crippen LogP) is 4.11. The number of hydrogen-bond acceptors (Lipinski definition) is 7. The summed E-state index contributed by atoms with van der Waals surface area (Å²) >= 11 is 0. The van der Waals surface area contributed by atoms with Crippen molar-refractivity contribution in [1.29, 1.82) is 0 Å². The molecule has 0 amide bonds. The van der Waals surface area contributed by atoms with Gasteiger partial charge in [0.1, 0.15) is 40.3 Å². The van der Waals surface area contributed by atoms with E-state index >= 15 is 0 Å². The van der Waals surface area contributed by atoms with E-state index in [9.17, 15) is 14.7 Å². The van der Waals surface area contributed by atoms with Gasteiger partial charge in [-0.25, -0.2) is 0 Å². The lowest BCUT2D eigenvalue weighted by Gasteiger charge is -2.15. The zero-order valence-corrected chi connectivity index (χ0v) is 16.5. The van der Waals surface area contributed by atoms with Gasteiger partial charge in [-0.1, -0.05) is 30.3 Å². The second-order valence-corrected chi connectivity index (χ2v) is 6.58. The molecule has 2 aromatic carbocycles. The predicted molar refractivity (Wildman–Crippen MR) is 111 cm³/mol. The highest BCUT2D eigenvalue weighted by molar-refractivity contribution is 5.96. The first-order valence-corrected chi connectivity index (χ1v) is 9.06. The molecule has 1 N–H and O–H groups in total. The zero-order valence-electron chi connectivity index (χ0n) is 16.5. The smallest absolute Gasteiger partial charge is 0.234 e. The van der Waals surface area contributed by atoms with Crippen molar-refractivity contribution >= 4 is 11.0 Å². The van der Waals surface area contributed by atoms with E-state index in [-0.39, 0.29) is 44.8 Å². The summed E-state index contributed by atoms with van der Waals surface area (Å²) in [5, 5.41) is 10.2. The fraction of sp³-hybridized carbons (Fsp3) is 0.130. The molecule has 0 radical (unpaired) electrons. The molecule has 7 heteroatoms. The van der Waals surface area contributed by atoms with Gasteiger partial charge in [-0.2, -0.15) is 0 Å². The van der Waals surface area contributed by atoms with E-state index in [0.29, 0.717) is 5.76 Å². The highest BCUT2D eigenvalue weighted by Crippen LogP contribution is 2.43. The number of benzene rings is 2. The lowest BCUT2D eigenvalue weighted by atomic mass is 10.0. The quantitative estimate of drug-likeness (QED) is 0.544. The van der Waals surface area contributed by atoms with Crippen LogP contribution in [0.1, 0.15) is 5.76 Å². The van der Waals surface area contributed by atoms with E-state index in [0.717, 1.165) is 5.56 Å². The van der Waals surface area contributed by atoms with Gasteiger partial charge in [0, 0.05) is 17.7 Å². The Morgan fingerprint density at radius 2 is 1.73 bits per heavy atom. The zero-order chi connectivity index (χ0) is 21.4. The number of aryl methyl sites for hydroxylation is 1. The minimum atomic E-state index is -0.667. The van der Waals surface area contributed by atoms with Crippen molar-refractivity contribution in [2.24, 2.45) is 0 Å². The average molecular weight is 406 g/mol. The van der Waals surface area contributed by atoms with Gasteiger partial charge in [0.05, 0.1) is 25.3 Å². The molecule has 4 aromatic rings. The highest BCUT2D eigenvalue weighted by atomic mass is 16.5. The molecule has 30 heavy (non-hydrogen) atoms. The summed E-state index contributed by atoms with van der Waals surface area (Å²) in [5.41, 5.74) is 0.148. The van der Waals surface area contributed by atoms with Crippen LogP contribution in [-0.4, -0.2) is 19.3 Å². The van der Waals surface area contributed by atoms with Gasteiger partial charge in [0.15, 0.2) is 5.43 Å². The Kier molecular flexibility index (Phi) is 4.79. The third-order valence-corrected chi connectivity index (χ3v) is 4.84. The van der Waals surface area contributed by atoms with E-state index in [1.54, 1.807) is 0 Å². The van der Waals surface area contributed by atoms with Crippen molar-refractivity contribution < 1.29 is 23.4 Å². The van der Waals surface area contributed by atoms with E-state index in [1.807, 2.05) is 30.3 Å². The molecular weight excluding hydrogens is 388 g/mol. The Hall–Kier alpha value is -4.00. The molecule has 7 nitrogen and oxygen atoms in total. The Labute approximate surface area is 170 Å². The molecular formula is C23H18O7. The van der Waals surface area contributed by atoms with Crippen LogP contribution in [-0.2, 0) is 0 Å². The van der Waals surface area contributed by atoms with Crippen LogP contribution in [0.5, 0.6) is 17.2 Å². The van der Waals surface area contributed by atoms with Crippen molar-refractivity contribution in [1.82, 2.24) is 0 Å². The third-order valence-electron chi connectivity index (χ3n) is 4.84. The fourth-order valence-corrected chi connectivity index (χ4v) is 3.35. The number of aromatic hydroxyl groups is 1. The third kappa shape index (κ3) is 3.00. The monoisotopic (exact) mass is 406 g/mol. The number of methoxy groups -OCH3 is 2. The maximum absolute atomic E-state index is 13.0. The number of hydrogen-bond donors (Lipinski definition) is 1. The van der Waals surface area contributed by atoms with Gasteiger partial charge in [0.25, 0.3) is 0 Å². The molecule has 0 fully saturated rings. The lowest BCUT2D eigenvalue weighted by Crippen LogP contribution is -2.09. The molecule has 0 aliphatic rings. The van der Waals surface area contributed by atoms with Crippen LogP contribution in [0.4, 0.5) is 0 Å². The fourth-order valence-electron chi connectivity index (χ4n) is 3.35. The summed E-state index contributed by atoms with van der Waals surface area (Å²) in [6, 6.07) is 12.1.